The van der Waals surface area contributed by atoms with Crippen LogP contribution in [0.1, 0.15) is 27.0 Å². The highest BCUT2D eigenvalue weighted by molar-refractivity contribution is 7.23. The summed E-state index contributed by atoms with van der Waals surface area (Å²) in [5, 5.41) is 2.89. The van der Waals surface area contributed by atoms with E-state index in [1.807, 2.05) is 18.2 Å². The van der Waals surface area contributed by atoms with E-state index in [-0.39, 0.29) is 11.7 Å². The molecule has 0 saturated heterocycles. The Balaban J connectivity index is 1.41. The van der Waals surface area contributed by atoms with Gasteiger partial charge < -0.3 is 5.32 Å². The molecule has 0 spiro atoms. The summed E-state index contributed by atoms with van der Waals surface area (Å²) in [6, 6.07) is 18.2. The van der Waals surface area contributed by atoms with Crippen LogP contribution in [0.2, 0.25) is 0 Å². The van der Waals surface area contributed by atoms with Crippen LogP contribution in [0.15, 0.2) is 66.9 Å². The number of fused-ring (bicyclic) bond motifs is 3. The van der Waals surface area contributed by atoms with Gasteiger partial charge in [0.05, 0.1) is 15.9 Å². The minimum atomic E-state index is -0.288. The lowest BCUT2D eigenvalue weighted by Gasteiger charge is -2.06. The Morgan fingerprint density at radius 3 is 2.65 bits per heavy atom. The maximum Gasteiger partial charge on any atom is 0.251 e. The number of carbonyl (C=O) groups excluding carboxylic acids is 1. The number of imidazole rings is 1. The van der Waals surface area contributed by atoms with E-state index in [0.29, 0.717) is 12.1 Å². The molecule has 0 aliphatic carbocycles. The van der Waals surface area contributed by atoms with Gasteiger partial charge in [-0.25, -0.2) is 9.37 Å². The molecular weight excluding hydrogens is 409 g/mol. The first kappa shape index (κ1) is 19.5. The standard InChI is InChI=1S/C25H20FN3OS/c1-15-3-9-20(16(2)11-15)21-14-29-22-10-6-18(12-23(22)31-25(29)28-21)24(30)27-13-17-4-7-19(26)8-5-17/h3-12,14H,13H2,1-2H3,(H,27,30). The van der Waals surface area contributed by atoms with Crippen LogP contribution in [0.25, 0.3) is 26.4 Å². The summed E-state index contributed by atoms with van der Waals surface area (Å²) in [4.78, 5) is 18.3. The van der Waals surface area contributed by atoms with Crippen LogP contribution in [-0.4, -0.2) is 15.3 Å². The first-order chi connectivity index (χ1) is 15.0. The maximum absolute atomic E-state index is 13.0. The summed E-state index contributed by atoms with van der Waals surface area (Å²) in [5.41, 5.74) is 6.99. The number of carbonyl (C=O) groups is 1. The van der Waals surface area contributed by atoms with Gasteiger partial charge >= 0.3 is 0 Å². The number of thiazole rings is 1. The summed E-state index contributed by atoms with van der Waals surface area (Å²) in [6.45, 7) is 4.54. The molecule has 1 N–H and O–H groups in total. The summed E-state index contributed by atoms with van der Waals surface area (Å²) in [5.74, 6) is -0.447. The highest BCUT2D eigenvalue weighted by Crippen LogP contribution is 2.31. The molecule has 0 fully saturated rings. The first-order valence-electron chi connectivity index (χ1n) is 10.00. The van der Waals surface area contributed by atoms with Gasteiger partial charge in [-0.3, -0.25) is 9.20 Å². The molecule has 2 aromatic heterocycles. The van der Waals surface area contributed by atoms with E-state index in [0.717, 1.165) is 32.0 Å². The molecule has 0 aliphatic heterocycles. The molecule has 2 heterocycles. The fourth-order valence-corrected chi connectivity index (χ4v) is 4.81. The van der Waals surface area contributed by atoms with Crippen molar-refractivity contribution in [1.29, 1.82) is 0 Å². The number of aromatic nitrogens is 2. The molecule has 0 atom stereocenters. The molecule has 3 aromatic carbocycles. The fourth-order valence-electron chi connectivity index (χ4n) is 3.76. The molecule has 0 aliphatic rings. The lowest BCUT2D eigenvalue weighted by molar-refractivity contribution is 0.0951. The third kappa shape index (κ3) is 3.70. The topological polar surface area (TPSA) is 46.4 Å². The SMILES string of the molecule is Cc1ccc(-c2cn3c(n2)sc2cc(C(=O)NCc4ccc(F)cc4)ccc23)c(C)c1. The molecule has 0 radical (unpaired) electrons. The van der Waals surface area contributed by atoms with Gasteiger partial charge in [0.25, 0.3) is 5.91 Å². The van der Waals surface area contributed by atoms with Crippen molar-refractivity contribution in [3.05, 3.63) is 94.9 Å². The van der Waals surface area contributed by atoms with Gasteiger partial charge in [-0.1, -0.05) is 47.2 Å². The fraction of sp³-hybridized carbons (Fsp3) is 0.120. The van der Waals surface area contributed by atoms with Gasteiger partial charge in [-0.2, -0.15) is 0 Å². The van der Waals surface area contributed by atoms with Gasteiger partial charge in [-0.15, -0.1) is 0 Å². The third-order valence-corrected chi connectivity index (χ3v) is 6.40. The minimum Gasteiger partial charge on any atom is -0.348 e. The molecule has 0 unspecified atom stereocenters. The average molecular weight is 430 g/mol. The molecule has 0 saturated carbocycles. The molecule has 0 bridgehead atoms. The number of benzene rings is 3. The first-order valence-corrected chi connectivity index (χ1v) is 10.8. The Kier molecular flexibility index (Phi) is 4.79. The van der Waals surface area contributed by atoms with E-state index in [1.165, 1.54) is 23.3 Å². The van der Waals surface area contributed by atoms with Crippen LogP contribution >= 0.6 is 11.3 Å². The van der Waals surface area contributed by atoms with Crippen molar-refractivity contribution in [3.8, 4) is 11.3 Å². The monoisotopic (exact) mass is 429 g/mol. The zero-order chi connectivity index (χ0) is 21.5. The second-order valence-corrected chi connectivity index (χ2v) is 8.70. The molecule has 4 nitrogen and oxygen atoms in total. The Hall–Kier alpha value is -3.51. The number of halogens is 1. The largest absolute Gasteiger partial charge is 0.348 e. The second-order valence-electron chi connectivity index (χ2n) is 7.69. The highest BCUT2D eigenvalue weighted by Gasteiger charge is 2.14. The van der Waals surface area contributed by atoms with Gasteiger partial charge in [0.2, 0.25) is 0 Å². The Labute approximate surface area is 183 Å². The molecular formula is C25H20FN3OS. The van der Waals surface area contributed by atoms with Crippen molar-refractivity contribution < 1.29 is 9.18 Å². The number of rotatable bonds is 4. The van der Waals surface area contributed by atoms with E-state index in [9.17, 15) is 9.18 Å². The predicted octanol–water partition coefficient (Wildman–Crippen LogP) is 5.90. The van der Waals surface area contributed by atoms with Crippen LogP contribution in [-0.2, 0) is 6.54 Å². The smallest absolute Gasteiger partial charge is 0.251 e. The van der Waals surface area contributed by atoms with Crippen LogP contribution < -0.4 is 5.32 Å². The maximum atomic E-state index is 13.0. The summed E-state index contributed by atoms with van der Waals surface area (Å²) < 4.78 is 16.1. The van der Waals surface area contributed by atoms with Gasteiger partial charge in [0.1, 0.15) is 5.82 Å². The van der Waals surface area contributed by atoms with Gasteiger partial charge in [-0.05, 0) is 55.3 Å². The van der Waals surface area contributed by atoms with Crippen molar-refractivity contribution in [2.75, 3.05) is 0 Å². The number of nitrogens with zero attached hydrogens (tertiary/aromatic N) is 2. The Morgan fingerprint density at radius 2 is 1.87 bits per heavy atom. The number of hydrogen-bond acceptors (Lipinski definition) is 3. The molecule has 5 rings (SSSR count). The van der Waals surface area contributed by atoms with Gasteiger partial charge in [0, 0.05) is 23.9 Å². The lowest BCUT2D eigenvalue weighted by atomic mass is 10.0. The van der Waals surface area contributed by atoms with E-state index in [2.05, 4.69) is 48.0 Å². The number of nitrogens with one attached hydrogen (secondary N) is 1. The molecule has 31 heavy (non-hydrogen) atoms. The van der Waals surface area contributed by atoms with E-state index in [1.54, 1.807) is 23.5 Å². The van der Waals surface area contributed by atoms with E-state index in [4.69, 9.17) is 4.98 Å². The minimum absolute atomic E-state index is 0.159. The number of amides is 1. The van der Waals surface area contributed by atoms with Crippen LogP contribution in [0.4, 0.5) is 4.39 Å². The van der Waals surface area contributed by atoms with Crippen molar-refractivity contribution in [2.24, 2.45) is 0 Å². The summed E-state index contributed by atoms with van der Waals surface area (Å²) in [6.07, 6.45) is 2.06. The average Bonchev–Trinajstić information content (AvgIpc) is 3.30. The van der Waals surface area contributed by atoms with Crippen LogP contribution in [0, 0.1) is 19.7 Å². The predicted molar refractivity (Wildman–Crippen MR) is 123 cm³/mol. The van der Waals surface area contributed by atoms with Crippen LogP contribution in [0.3, 0.4) is 0 Å². The van der Waals surface area contributed by atoms with E-state index >= 15 is 0 Å². The molecule has 5 aromatic rings. The van der Waals surface area contributed by atoms with Gasteiger partial charge in [0.15, 0.2) is 4.96 Å². The summed E-state index contributed by atoms with van der Waals surface area (Å²) in [7, 11) is 0. The number of hydrogen-bond donors (Lipinski definition) is 1. The summed E-state index contributed by atoms with van der Waals surface area (Å²) >= 11 is 1.56. The van der Waals surface area contributed by atoms with Crippen LogP contribution in [0.5, 0.6) is 0 Å². The van der Waals surface area contributed by atoms with E-state index < -0.39 is 0 Å². The lowest BCUT2D eigenvalue weighted by Crippen LogP contribution is -2.22. The normalized spacial score (nSPS) is 11.3. The molecule has 6 heteroatoms. The van der Waals surface area contributed by atoms with Crippen molar-refractivity contribution in [1.82, 2.24) is 14.7 Å². The zero-order valence-corrected chi connectivity index (χ0v) is 18.0. The molecule has 1 amide bonds. The molecule has 154 valence electrons. The quantitative estimate of drug-likeness (QED) is 0.386. The van der Waals surface area contributed by atoms with Crippen molar-refractivity contribution in [2.45, 2.75) is 20.4 Å². The third-order valence-electron chi connectivity index (χ3n) is 5.38. The Morgan fingerprint density at radius 1 is 1.06 bits per heavy atom. The van der Waals surface area contributed by atoms with Crippen molar-refractivity contribution in [3.63, 3.8) is 0 Å². The second kappa shape index (κ2) is 7.63. The zero-order valence-electron chi connectivity index (χ0n) is 17.1. The highest BCUT2D eigenvalue weighted by atomic mass is 32.1. The Bertz CT molecular complexity index is 1430. The van der Waals surface area contributed by atoms with Crippen molar-refractivity contribution >= 4 is 32.4 Å². The number of aryl methyl sites for hydroxylation is 2.